The number of nitrogens with zero attached hydrogens (tertiary/aromatic N) is 5. The number of aromatic nitrogens is 2. The summed E-state index contributed by atoms with van der Waals surface area (Å²) in [6, 6.07) is 7.35. The predicted octanol–water partition coefficient (Wildman–Crippen LogP) is 3.40. The van der Waals surface area contributed by atoms with Crippen molar-refractivity contribution in [1.29, 1.82) is 0 Å². The molecule has 10 heteroatoms. The van der Waals surface area contributed by atoms with Crippen LogP contribution < -0.4 is 15.0 Å². The van der Waals surface area contributed by atoms with Crippen LogP contribution >= 0.6 is 0 Å². The zero-order chi connectivity index (χ0) is 27.6. The molecule has 0 saturated carbocycles. The van der Waals surface area contributed by atoms with Crippen molar-refractivity contribution in [2.24, 2.45) is 0 Å². The van der Waals surface area contributed by atoms with Gasteiger partial charge < -0.3 is 29.9 Å². The summed E-state index contributed by atoms with van der Waals surface area (Å²) >= 11 is 0. The maximum absolute atomic E-state index is 13.5. The summed E-state index contributed by atoms with van der Waals surface area (Å²) < 4.78 is 5.35. The van der Waals surface area contributed by atoms with Crippen LogP contribution in [0.5, 0.6) is 5.75 Å². The average molecular weight is 545 g/mol. The number of aliphatic hydroxyl groups excluding tert-OH is 1. The van der Waals surface area contributed by atoms with Gasteiger partial charge in [-0.15, -0.1) is 0 Å². The zero-order valence-electron chi connectivity index (χ0n) is 22.9. The Kier molecular flexibility index (Phi) is 7.42. The summed E-state index contributed by atoms with van der Waals surface area (Å²) in [6.45, 7) is 2.53. The molecule has 2 N–H and O–H groups in total. The molecule has 6 rings (SSSR count). The molecule has 3 amide bonds. The van der Waals surface area contributed by atoms with Crippen molar-refractivity contribution in [1.82, 2.24) is 19.8 Å². The number of urea groups is 1. The molecular weight excluding hydrogens is 508 g/mol. The van der Waals surface area contributed by atoms with Crippen molar-refractivity contribution in [2.75, 3.05) is 50.1 Å². The lowest BCUT2D eigenvalue weighted by atomic mass is 9.88. The van der Waals surface area contributed by atoms with Gasteiger partial charge in [0.05, 0.1) is 19.8 Å². The lowest BCUT2D eigenvalue weighted by molar-refractivity contribution is 0.0590. The molecule has 4 heterocycles. The normalized spacial score (nSPS) is 21.5. The van der Waals surface area contributed by atoms with E-state index >= 15 is 0 Å². The Morgan fingerprint density at radius 3 is 2.80 bits per heavy atom. The number of aliphatic hydroxyl groups is 1. The van der Waals surface area contributed by atoms with Gasteiger partial charge in [-0.2, -0.15) is 0 Å². The first-order valence-corrected chi connectivity index (χ1v) is 14.1. The van der Waals surface area contributed by atoms with Crippen molar-refractivity contribution in [3.63, 3.8) is 0 Å². The van der Waals surface area contributed by atoms with E-state index in [1.165, 1.54) is 17.5 Å². The van der Waals surface area contributed by atoms with E-state index in [1.54, 1.807) is 18.1 Å². The maximum atomic E-state index is 13.5. The van der Waals surface area contributed by atoms with Crippen molar-refractivity contribution in [2.45, 2.75) is 50.6 Å². The van der Waals surface area contributed by atoms with Crippen LogP contribution in [0.2, 0.25) is 0 Å². The molecule has 40 heavy (non-hydrogen) atoms. The summed E-state index contributed by atoms with van der Waals surface area (Å²) in [5, 5.41) is 13.1. The number of fused-ring (bicyclic) bond motifs is 1. The highest BCUT2D eigenvalue weighted by molar-refractivity contribution is 5.94. The molecule has 0 bridgehead atoms. The van der Waals surface area contributed by atoms with Crippen LogP contribution in [0.4, 0.5) is 16.3 Å². The molecule has 10 nitrogen and oxygen atoms in total. The van der Waals surface area contributed by atoms with E-state index in [4.69, 9.17) is 4.74 Å². The molecule has 1 aromatic heterocycles. The summed E-state index contributed by atoms with van der Waals surface area (Å²) in [7, 11) is 1.65. The number of piperidine rings is 1. The highest BCUT2D eigenvalue weighted by Crippen LogP contribution is 2.32. The van der Waals surface area contributed by atoms with Gasteiger partial charge in [-0.3, -0.25) is 4.79 Å². The summed E-state index contributed by atoms with van der Waals surface area (Å²) in [4.78, 5) is 41.3. The number of carbonyl (C=O) groups is 2. The Labute approximate surface area is 234 Å². The van der Waals surface area contributed by atoms with Gasteiger partial charge in [0.25, 0.3) is 5.91 Å². The number of hydrogen-bond acceptors (Lipinski definition) is 7. The molecule has 1 unspecified atom stereocenters. The second kappa shape index (κ2) is 11.3. The largest absolute Gasteiger partial charge is 0.497 e. The Hall–Kier alpha value is -3.92. The average Bonchev–Trinajstić information content (AvgIpc) is 3.17. The lowest BCUT2D eigenvalue weighted by Gasteiger charge is -2.39. The topological polar surface area (TPSA) is 111 Å². The third-order valence-corrected chi connectivity index (χ3v) is 8.66. The first-order valence-electron chi connectivity index (χ1n) is 14.1. The van der Waals surface area contributed by atoms with Gasteiger partial charge in [0.15, 0.2) is 0 Å². The molecule has 210 valence electrons. The number of allylic oxidation sites excluding steroid dienone is 1. The summed E-state index contributed by atoms with van der Waals surface area (Å²) in [6.07, 6.45) is 10.8. The zero-order valence-corrected chi connectivity index (χ0v) is 22.9. The number of carbonyl (C=O) groups excluding carboxylic acids is 2. The minimum atomic E-state index is -0.237. The number of nitrogens with one attached hydrogen (secondary N) is 1. The van der Waals surface area contributed by atoms with Crippen molar-refractivity contribution in [3.8, 4) is 5.75 Å². The highest BCUT2D eigenvalue weighted by atomic mass is 16.5. The van der Waals surface area contributed by atoms with Gasteiger partial charge in [-0.25, -0.2) is 14.8 Å². The molecule has 2 aromatic rings. The molecule has 4 aliphatic rings. The minimum absolute atomic E-state index is 0.0664. The van der Waals surface area contributed by atoms with Gasteiger partial charge in [0.1, 0.15) is 23.6 Å². The number of anilines is 2. The minimum Gasteiger partial charge on any atom is -0.497 e. The monoisotopic (exact) mass is 544 g/mol. The SMILES string of the molecule is COc1ccc2c(c1)CCN(C1CCN(c3cc(C(=O)N4CC5=C(CCC=C5)CC4CO)ncn3)CC1)C(=O)N2. The Balaban J connectivity index is 1.10. The van der Waals surface area contributed by atoms with Crippen LogP contribution in [0.15, 0.2) is 53.9 Å². The number of methoxy groups -OCH3 is 1. The van der Waals surface area contributed by atoms with Crippen LogP contribution in [0.1, 0.15) is 48.2 Å². The molecule has 0 spiro atoms. The maximum Gasteiger partial charge on any atom is 0.322 e. The Bertz CT molecular complexity index is 1350. The second-order valence-corrected chi connectivity index (χ2v) is 10.9. The third-order valence-electron chi connectivity index (χ3n) is 8.66. The van der Waals surface area contributed by atoms with Crippen molar-refractivity contribution in [3.05, 3.63) is 65.1 Å². The lowest BCUT2D eigenvalue weighted by Crippen LogP contribution is -2.49. The van der Waals surface area contributed by atoms with Gasteiger partial charge in [0.2, 0.25) is 0 Å². The number of benzene rings is 1. The number of amides is 3. The smallest absolute Gasteiger partial charge is 0.322 e. The van der Waals surface area contributed by atoms with E-state index < -0.39 is 0 Å². The van der Waals surface area contributed by atoms with Crippen LogP contribution in [-0.4, -0.2) is 88.8 Å². The predicted molar refractivity (Wildman–Crippen MR) is 152 cm³/mol. The molecular formula is C30H36N6O4. The van der Waals surface area contributed by atoms with Gasteiger partial charge >= 0.3 is 6.03 Å². The second-order valence-electron chi connectivity index (χ2n) is 10.9. The fourth-order valence-electron chi connectivity index (χ4n) is 6.36. The van der Waals surface area contributed by atoms with E-state index in [0.717, 1.165) is 62.2 Å². The molecule has 1 aromatic carbocycles. The molecule has 1 saturated heterocycles. The molecule has 3 aliphatic heterocycles. The fraction of sp³-hybridized carbons (Fsp3) is 0.467. The molecule has 0 radical (unpaired) electrons. The van der Waals surface area contributed by atoms with Crippen molar-refractivity contribution >= 4 is 23.4 Å². The van der Waals surface area contributed by atoms with Crippen LogP contribution in [0, 0.1) is 0 Å². The highest BCUT2D eigenvalue weighted by Gasteiger charge is 2.33. The fourth-order valence-corrected chi connectivity index (χ4v) is 6.36. The van der Waals surface area contributed by atoms with Gasteiger partial charge in [0, 0.05) is 44.0 Å². The quantitative estimate of drug-likeness (QED) is 0.594. The molecule has 1 aliphatic carbocycles. The molecule has 1 atom stereocenters. The van der Waals surface area contributed by atoms with Crippen LogP contribution in [0.3, 0.4) is 0 Å². The van der Waals surface area contributed by atoms with E-state index in [-0.39, 0.29) is 30.6 Å². The van der Waals surface area contributed by atoms with Gasteiger partial charge in [-0.05, 0) is 67.9 Å². The van der Waals surface area contributed by atoms with E-state index in [1.807, 2.05) is 23.1 Å². The standard InChI is InChI=1S/C30H36N6O4/c1-40-25-6-7-26-21(15-25)8-13-35(30(39)33-26)23-9-11-34(12-10-23)28-16-27(31-19-32-28)29(38)36-17-22-5-3-2-4-20(22)14-24(36)18-37/h3,5-7,15-16,19,23-24,37H,2,4,8-14,17-18H2,1H3,(H,33,39). The Morgan fingerprint density at radius 2 is 2.00 bits per heavy atom. The van der Waals surface area contributed by atoms with Crippen LogP contribution in [-0.2, 0) is 6.42 Å². The van der Waals surface area contributed by atoms with E-state index in [9.17, 15) is 14.7 Å². The van der Waals surface area contributed by atoms with Crippen molar-refractivity contribution < 1.29 is 19.4 Å². The number of rotatable bonds is 5. The summed E-state index contributed by atoms with van der Waals surface area (Å²) in [5.74, 6) is 1.32. The Morgan fingerprint density at radius 1 is 1.15 bits per heavy atom. The number of hydrogen-bond donors (Lipinski definition) is 2. The van der Waals surface area contributed by atoms with E-state index in [0.29, 0.717) is 31.0 Å². The van der Waals surface area contributed by atoms with Gasteiger partial charge in [-0.1, -0.05) is 17.7 Å². The molecule has 1 fully saturated rings. The van der Waals surface area contributed by atoms with Crippen LogP contribution in [0.25, 0.3) is 0 Å². The first-order chi connectivity index (χ1) is 19.5. The number of ether oxygens (including phenoxy) is 1. The van der Waals surface area contributed by atoms with E-state index in [2.05, 4.69) is 32.3 Å². The first kappa shape index (κ1) is 26.3. The summed E-state index contributed by atoms with van der Waals surface area (Å²) in [5.41, 5.74) is 4.79. The third kappa shape index (κ3) is 5.15.